The maximum absolute atomic E-state index is 5.65. The number of hydrogen-bond donors (Lipinski definition) is 0. The van der Waals surface area contributed by atoms with E-state index in [-0.39, 0.29) is 5.41 Å². The minimum atomic E-state index is 0.0970. The van der Waals surface area contributed by atoms with E-state index in [1.807, 2.05) is 0 Å². The van der Waals surface area contributed by atoms with Crippen molar-refractivity contribution < 1.29 is 0 Å². The molecule has 0 N–H and O–H groups in total. The highest BCUT2D eigenvalue weighted by molar-refractivity contribution is 6.26. The maximum Gasteiger partial charge on any atom is 0.0728 e. The fourth-order valence-corrected chi connectivity index (χ4v) is 18.6. The van der Waals surface area contributed by atoms with Gasteiger partial charge in [0.1, 0.15) is 0 Å². The molecule has 0 radical (unpaired) electrons. The summed E-state index contributed by atoms with van der Waals surface area (Å²) in [5.74, 6) is 7.79. The molecule has 2 nitrogen and oxygen atoms in total. The molecule has 5 atom stereocenters. The minimum absolute atomic E-state index is 0.0970. The Bertz CT molecular complexity index is 3360. The summed E-state index contributed by atoms with van der Waals surface area (Å²) in [6.07, 6.45) is 15.1. The van der Waals surface area contributed by atoms with Crippen molar-refractivity contribution in [1.82, 2.24) is 9.38 Å². The first-order valence-electron chi connectivity index (χ1n) is 26.2. The van der Waals surface area contributed by atoms with Crippen molar-refractivity contribution in [2.24, 2.45) is 40.9 Å². The summed E-state index contributed by atoms with van der Waals surface area (Å²) in [6.45, 7) is 14.5. The quantitative estimate of drug-likeness (QED) is 0.169. The van der Waals surface area contributed by atoms with E-state index in [0.717, 1.165) is 35.5 Å². The van der Waals surface area contributed by atoms with Crippen molar-refractivity contribution in [2.45, 2.75) is 134 Å². The molecular weight excluding hydrogens is 785 g/mol. The van der Waals surface area contributed by atoms with Gasteiger partial charge in [-0.25, -0.2) is 0 Å². The molecule has 2 spiro atoms. The molecule has 0 amide bonds. The summed E-state index contributed by atoms with van der Waals surface area (Å²) in [5.41, 5.74) is 24.4. The molecule has 3 heterocycles. The molecule has 6 bridgehead atoms. The molecular formula is C63H62N2. The number of rotatable bonds is 5. The molecule has 0 aliphatic heterocycles. The van der Waals surface area contributed by atoms with Gasteiger partial charge in [-0.3, -0.25) is 4.98 Å². The maximum atomic E-state index is 5.65. The molecule has 17 rings (SSSR count). The Morgan fingerprint density at radius 1 is 0.569 bits per heavy atom. The van der Waals surface area contributed by atoms with E-state index in [1.165, 1.54) is 146 Å². The molecule has 9 aliphatic carbocycles. The number of benzene rings is 5. The highest BCUT2D eigenvalue weighted by Crippen LogP contribution is 2.82. The van der Waals surface area contributed by atoms with Gasteiger partial charge in [-0.1, -0.05) is 96.1 Å². The van der Waals surface area contributed by atoms with E-state index >= 15 is 0 Å². The van der Waals surface area contributed by atoms with E-state index in [0.29, 0.717) is 35.0 Å². The first-order chi connectivity index (χ1) is 31.6. The molecule has 65 heavy (non-hydrogen) atoms. The van der Waals surface area contributed by atoms with Crippen LogP contribution in [0.2, 0.25) is 0 Å². The Labute approximate surface area is 384 Å². The predicted molar refractivity (Wildman–Crippen MR) is 269 cm³/mol. The van der Waals surface area contributed by atoms with Gasteiger partial charge in [0, 0.05) is 38.6 Å². The molecule has 0 saturated heterocycles. The van der Waals surface area contributed by atoms with Gasteiger partial charge in [0.25, 0.3) is 0 Å². The average molecular weight is 847 g/mol. The van der Waals surface area contributed by atoms with Gasteiger partial charge < -0.3 is 4.40 Å². The molecule has 3 aromatic heterocycles. The van der Waals surface area contributed by atoms with Crippen molar-refractivity contribution in [1.29, 1.82) is 0 Å². The van der Waals surface area contributed by atoms with Crippen molar-refractivity contribution in [3.8, 4) is 33.4 Å². The zero-order valence-electron chi connectivity index (χ0n) is 39.3. The molecule has 7 saturated carbocycles. The lowest BCUT2D eigenvalue weighted by Crippen LogP contribution is -2.59. The van der Waals surface area contributed by atoms with Crippen LogP contribution in [0.5, 0.6) is 0 Å². The highest BCUT2D eigenvalue weighted by Gasteiger charge is 2.72. The van der Waals surface area contributed by atoms with Gasteiger partial charge in [-0.15, -0.1) is 0 Å². The monoisotopic (exact) mass is 846 g/mol. The molecule has 9 aliphatic rings. The van der Waals surface area contributed by atoms with Crippen LogP contribution in [0.25, 0.3) is 71.5 Å². The van der Waals surface area contributed by atoms with E-state index in [1.54, 1.807) is 22.1 Å². The van der Waals surface area contributed by atoms with Gasteiger partial charge in [0.15, 0.2) is 0 Å². The number of hydrogen-bond acceptors (Lipinski definition) is 1. The zero-order chi connectivity index (χ0) is 43.2. The summed E-state index contributed by atoms with van der Waals surface area (Å²) in [6, 6.07) is 34.9. The lowest BCUT2D eigenvalue weighted by Gasteiger charge is -2.67. The Morgan fingerprint density at radius 2 is 1.28 bits per heavy atom. The standard InChI is InChI=1S/C63H62N2/c1-31(2)38-21-45(32(3)4)57(46(22-38)33(5)6)39-23-50-49-27-53-48(47-20-37(36-10-8-7-9-11-36)12-13-52(47)63(53)43-15-34-14-35(17-43)18-44(63)16-34)28-55(49)65-56-30-64-60-54-26-42-25-41-19-40(29-62(41,42)54)58(60)59(56)51(24-39)61(50)65/h7-13,20-24,27-28,30-35,40-44,54H,14-19,25-26,29H2,1-6H3. The van der Waals surface area contributed by atoms with Gasteiger partial charge >= 0.3 is 0 Å². The molecule has 5 aromatic carbocycles. The van der Waals surface area contributed by atoms with Crippen molar-refractivity contribution >= 4 is 38.1 Å². The van der Waals surface area contributed by atoms with Crippen LogP contribution in [-0.2, 0) is 5.41 Å². The van der Waals surface area contributed by atoms with Crippen LogP contribution >= 0.6 is 0 Å². The highest BCUT2D eigenvalue weighted by atomic mass is 14.9. The summed E-state index contributed by atoms with van der Waals surface area (Å²) in [4.78, 5) is 5.65. The molecule has 2 heteroatoms. The van der Waals surface area contributed by atoms with E-state index in [9.17, 15) is 0 Å². The van der Waals surface area contributed by atoms with Gasteiger partial charge in [-0.05, 0) is 219 Å². The molecule has 8 aromatic rings. The number of pyridine rings is 1. The number of nitrogens with zero attached hydrogens (tertiary/aromatic N) is 2. The summed E-state index contributed by atoms with van der Waals surface area (Å²) in [7, 11) is 0. The lowest BCUT2D eigenvalue weighted by molar-refractivity contribution is -0.147. The third kappa shape index (κ3) is 4.27. The smallest absolute Gasteiger partial charge is 0.0728 e. The van der Waals surface area contributed by atoms with Crippen LogP contribution in [-0.4, -0.2) is 9.38 Å². The normalized spacial score (nSPS) is 31.8. The Balaban J connectivity index is 1.04. The predicted octanol–water partition coefficient (Wildman–Crippen LogP) is 16.7. The van der Waals surface area contributed by atoms with E-state index in [4.69, 9.17) is 4.98 Å². The Hall–Kier alpha value is -4.95. The first kappa shape index (κ1) is 37.2. The average Bonchev–Trinajstić information content (AvgIpc) is 4.02. The fraction of sp³-hybridized carbons (Fsp3) is 0.444. The second-order valence-corrected chi connectivity index (χ2v) is 24.5. The first-order valence-corrected chi connectivity index (χ1v) is 26.2. The van der Waals surface area contributed by atoms with Crippen LogP contribution in [0.4, 0.5) is 0 Å². The van der Waals surface area contributed by atoms with Crippen LogP contribution in [0.1, 0.15) is 168 Å². The van der Waals surface area contributed by atoms with E-state index in [2.05, 4.69) is 137 Å². The van der Waals surface area contributed by atoms with Crippen LogP contribution in [0, 0.1) is 40.9 Å². The van der Waals surface area contributed by atoms with Crippen molar-refractivity contribution in [3.63, 3.8) is 0 Å². The van der Waals surface area contributed by atoms with Crippen LogP contribution in [0.3, 0.4) is 0 Å². The largest absolute Gasteiger partial charge is 0.306 e. The molecule has 324 valence electrons. The van der Waals surface area contributed by atoms with Crippen LogP contribution < -0.4 is 0 Å². The SMILES string of the molecule is CC(C)c1cc(C(C)C)c(-c2cc3c4cc5c(cc4n4c6cnc7c(c6c(c2)c34)C2CC3CC4CC7C34C2)-c2cc(-c3ccccc3)ccc2C52C3CC4CC(C3)CC2C4)c(C(C)C)c1. The van der Waals surface area contributed by atoms with Gasteiger partial charge in [-0.2, -0.15) is 0 Å². The molecule has 7 fully saturated rings. The Kier molecular flexibility index (Phi) is 6.94. The zero-order valence-corrected chi connectivity index (χ0v) is 39.3. The second kappa shape index (κ2) is 12.1. The van der Waals surface area contributed by atoms with Gasteiger partial charge in [0.05, 0.1) is 22.7 Å². The molecule has 5 unspecified atom stereocenters. The Morgan fingerprint density at radius 3 is 1.98 bits per heavy atom. The van der Waals surface area contributed by atoms with Crippen molar-refractivity contribution in [2.75, 3.05) is 0 Å². The summed E-state index contributed by atoms with van der Waals surface area (Å²) >= 11 is 0. The third-order valence-electron chi connectivity index (χ3n) is 21.0. The minimum Gasteiger partial charge on any atom is -0.306 e. The topological polar surface area (TPSA) is 17.3 Å². The number of aromatic nitrogens is 2. The summed E-state index contributed by atoms with van der Waals surface area (Å²) in [5, 5.41) is 5.95. The lowest BCUT2D eigenvalue weighted by atomic mass is 9.37. The fourth-order valence-electron chi connectivity index (χ4n) is 18.6. The summed E-state index contributed by atoms with van der Waals surface area (Å²) < 4.78 is 2.74. The second-order valence-electron chi connectivity index (χ2n) is 24.5. The van der Waals surface area contributed by atoms with Crippen molar-refractivity contribution in [3.05, 3.63) is 130 Å². The third-order valence-corrected chi connectivity index (χ3v) is 21.0. The van der Waals surface area contributed by atoms with Gasteiger partial charge in [0.2, 0.25) is 0 Å². The van der Waals surface area contributed by atoms with E-state index < -0.39 is 0 Å². The number of fused-ring (bicyclic) bond motifs is 14. The van der Waals surface area contributed by atoms with Crippen LogP contribution in [0.15, 0.2) is 91.1 Å².